The molecule has 0 unspecified atom stereocenters. The molecule has 3 heteroatoms. The van der Waals surface area contributed by atoms with Gasteiger partial charge in [0.2, 0.25) is 0 Å². The van der Waals surface area contributed by atoms with Crippen LogP contribution in [-0.4, -0.2) is 0 Å². The second kappa shape index (κ2) is 11.2. The molecule has 2 aromatic heterocycles. The third-order valence-corrected chi connectivity index (χ3v) is 10.8. The molecule has 0 radical (unpaired) electrons. The summed E-state index contributed by atoms with van der Waals surface area (Å²) in [6.45, 7) is 0. The van der Waals surface area contributed by atoms with Crippen molar-refractivity contribution >= 4 is 81.3 Å². The van der Waals surface area contributed by atoms with Gasteiger partial charge in [-0.1, -0.05) is 133 Å². The minimum Gasteiger partial charge on any atom is -0.456 e. The quantitative estimate of drug-likeness (QED) is 0.186. The molecular weight excluding hydrogens is 615 g/mol. The van der Waals surface area contributed by atoms with Crippen LogP contribution in [0, 0.1) is 0 Å². The first-order valence-electron chi connectivity index (χ1n) is 16.6. The van der Waals surface area contributed by atoms with Gasteiger partial charge in [0.1, 0.15) is 11.2 Å². The molecule has 0 aliphatic heterocycles. The summed E-state index contributed by atoms with van der Waals surface area (Å²) in [6.07, 6.45) is 0. The van der Waals surface area contributed by atoms with Gasteiger partial charge in [-0.05, 0) is 69.9 Å². The Kier molecular flexibility index (Phi) is 6.39. The molecule has 0 bridgehead atoms. The highest BCUT2D eigenvalue weighted by Crippen LogP contribution is 2.48. The summed E-state index contributed by atoms with van der Waals surface area (Å²) in [5.74, 6) is 0. The first kappa shape index (κ1) is 27.9. The normalized spacial score (nSPS) is 11.7. The number of para-hydroxylation sites is 1. The van der Waals surface area contributed by atoms with Gasteiger partial charge in [0, 0.05) is 36.8 Å². The minimum atomic E-state index is 0.873. The molecule has 0 spiro atoms. The molecule has 10 aromatic rings. The number of fused-ring (bicyclic) bond motifs is 7. The summed E-state index contributed by atoms with van der Waals surface area (Å²) in [5.41, 5.74) is 9.75. The Bertz CT molecular complexity index is 2840. The van der Waals surface area contributed by atoms with Gasteiger partial charge in [0.05, 0.1) is 16.8 Å². The van der Waals surface area contributed by atoms with Crippen molar-refractivity contribution < 1.29 is 4.42 Å². The van der Waals surface area contributed by atoms with Crippen molar-refractivity contribution in [2.24, 2.45) is 0 Å². The van der Waals surface area contributed by atoms with E-state index in [0.717, 1.165) is 44.6 Å². The summed E-state index contributed by atoms with van der Waals surface area (Å²) in [6, 6.07) is 63.3. The molecule has 0 aliphatic rings. The van der Waals surface area contributed by atoms with Crippen LogP contribution in [-0.2, 0) is 0 Å². The zero-order valence-corrected chi connectivity index (χ0v) is 27.3. The van der Waals surface area contributed by atoms with Crippen molar-refractivity contribution in [3.8, 4) is 22.3 Å². The van der Waals surface area contributed by atoms with Gasteiger partial charge in [-0.3, -0.25) is 0 Å². The van der Waals surface area contributed by atoms with Crippen LogP contribution in [0.2, 0.25) is 0 Å². The lowest BCUT2D eigenvalue weighted by molar-refractivity contribution is 0.669. The maximum Gasteiger partial charge on any atom is 0.137 e. The fraction of sp³-hybridized carbons (Fsp3) is 0. The summed E-state index contributed by atoms with van der Waals surface area (Å²) in [7, 11) is 0. The molecule has 0 aliphatic carbocycles. The van der Waals surface area contributed by atoms with Gasteiger partial charge in [0.25, 0.3) is 0 Å². The van der Waals surface area contributed by atoms with Crippen molar-refractivity contribution in [1.82, 2.24) is 0 Å². The van der Waals surface area contributed by atoms with Crippen LogP contribution in [0.3, 0.4) is 0 Å². The van der Waals surface area contributed by atoms with Crippen molar-refractivity contribution in [2.75, 3.05) is 4.90 Å². The summed E-state index contributed by atoms with van der Waals surface area (Å²) < 4.78 is 9.02. The summed E-state index contributed by atoms with van der Waals surface area (Å²) in [5, 5.41) is 7.26. The molecule has 0 saturated carbocycles. The molecule has 49 heavy (non-hydrogen) atoms. The Morgan fingerprint density at radius 3 is 2.04 bits per heavy atom. The summed E-state index contributed by atoms with van der Waals surface area (Å²) >= 11 is 1.85. The monoisotopic (exact) mass is 643 g/mol. The van der Waals surface area contributed by atoms with Gasteiger partial charge in [-0.25, -0.2) is 0 Å². The number of anilines is 3. The fourth-order valence-electron chi connectivity index (χ4n) is 7.43. The second-order valence-corrected chi connectivity index (χ2v) is 13.6. The first-order valence-corrected chi connectivity index (χ1v) is 17.4. The first-order chi connectivity index (χ1) is 24.3. The van der Waals surface area contributed by atoms with Crippen LogP contribution < -0.4 is 4.90 Å². The topological polar surface area (TPSA) is 16.4 Å². The molecule has 230 valence electrons. The van der Waals surface area contributed by atoms with E-state index < -0.39 is 0 Å². The largest absolute Gasteiger partial charge is 0.456 e. The lowest BCUT2D eigenvalue weighted by Gasteiger charge is -2.29. The predicted octanol–water partition coefficient (Wildman–Crippen LogP) is 13.9. The highest BCUT2D eigenvalue weighted by Gasteiger charge is 2.23. The van der Waals surface area contributed by atoms with Crippen molar-refractivity contribution in [3.05, 3.63) is 176 Å². The van der Waals surface area contributed by atoms with Crippen molar-refractivity contribution in [2.45, 2.75) is 0 Å². The van der Waals surface area contributed by atoms with E-state index in [1.54, 1.807) is 0 Å². The van der Waals surface area contributed by atoms with E-state index in [4.69, 9.17) is 4.42 Å². The smallest absolute Gasteiger partial charge is 0.137 e. The summed E-state index contributed by atoms with van der Waals surface area (Å²) in [4.78, 5) is 2.45. The Balaban J connectivity index is 1.31. The third kappa shape index (κ3) is 4.55. The molecule has 0 saturated heterocycles. The van der Waals surface area contributed by atoms with E-state index in [9.17, 15) is 0 Å². The zero-order valence-electron chi connectivity index (χ0n) is 26.5. The van der Waals surface area contributed by atoms with Crippen LogP contribution in [0.15, 0.2) is 180 Å². The van der Waals surface area contributed by atoms with E-state index in [-0.39, 0.29) is 0 Å². The molecule has 2 heterocycles. The van der Waals surface area contributed by atoms with Gasteiger partial charge in [0.15, 0.2) is 0 Å². The fourth-order valence-corrected chi connectivity index (χ4v) is 8.57. The zero-order chi connectivity index (χ0) is 32.3. The van der Waals surface area contributed by atoms with E-state index in [1.165, 1.54) is 47.6 Å². The van der Waals surface area contributed by atoms with Gasteiger partial charge < -0.3 is 9.32 Å². The Morgan fingerprint density at radius 2 is 1.12 bits per heavy atom. The molecule has 0 amide bonds. The minimum absolute atomic E-state index is 0.873. The van der Waals surface area contributed by atoms with Crippen LogP contribution in [0.4, 0.5) is 17.1 Å². The standard InChI is InChI=1S/C46H29NOS/c1-2-12-31(13-3-1)36-26-24-32(35-19-10-15-30-14-4-5-16-34(30)35)28-41(36)47(33-25-27-38-37-17-7-9-23-44(37)49-45(38)29-33)40-20-11-22-43-46(40)39-18-6-8-21-42(39)48-43/h1-29H. The van der Waals surface area contributed by atoms with Gasteiger partial charge in [-0.15, -0.1) is 11.3 Å². The molecule has 0 N–H and O–H groups in total. The third-order valence-electron chi connectivity index (χ3n) is 9.67. The van der Waals surface area contributed by atoms with Crippen LogP contribution in [0.1, 0.15) is 0 Å². The number of hydrogen-bond acceptors (Lipinski definition) is 3. The maximum atomic E-state index is 6.46. The number of benzene rings is 8. The SMILES string of the molecule is c1ccc(-c2ccc(-c3cccc4ccccc34)cc2N(c2ccc3c(c2)sc2ccccc23)c2cccc3oc4ccccc4c23)cc1. The molecule has 2 nitrogen and oxygen atoms in total. The van der Waals surface area contributed by atoms with Crippen molar-refractivity contribution in [3.63, 3.8) is 0 Å². The lowest BCUT2D eigenvalue weighted by atomic mass is 9.94. The van der Waals surface area contributed by atoms with E-state index >= 15 is 0 Å². The number of furan rings is 1. The Hall–Kier alpha value is -6.16. The number of nitrogens with zero attached hydrogens (tertiary/aromatic N) is 1. The average Bonchev–Trinajstić information content (AvgIpc) is 3.74. The van der Waals surface area contributed by atoms with Crippen LogP contribution in [0.25, 0.3) is 75.1 Å². The van der Waals surface area contributed by atoms with E-state index in [2.05, 4.69) is 175 Å². The molecular formula is C46H29NOS. The predicted molar refractivity (Wildman–Crippen MR) is 210 cm³/mol. The van der Waals surface area contributed by atoms with E-state index in [1.807, 2.05) is 17.4 Å². The average molecular weight is 644 g/mol. The second-order valence-electron chi connectivity index (χ2n) is 12.5. The Morgan fingerprint density at radius 1 is 0.408 bits per heavy atom. The Labute approximate surface area is 287 Å². The molecule has 0 atom stereocenters. The van der Waals surface area contributed by atoms with E-state index in [0.29, 0.717) is 0 Å². The highest BCUT2D eigenvalue weighted by molar-refractivity contribution is 7.25. The maximum absolute atomic E-state index is 6.46. The van der Waals surface area contributed by atoms with Gasteiger partial charge in [-0.2, -0.15) is 0 Å². The van der Waals surface area contributed by atoms with Crippen LogP contribution >= 0.6 is 11.3 Å². The molecule has 8 aromatic carbocycles. The molecule has 0 fully saturated rings. The number of hydrogen-bond donors (Lipinski definition) is 0. The highest BCUT2D eigenvalue weighted by atomic mass is 32.1. The van der Waals surface area contributed by atoms with Crippen molar-refractivity contribution in [1.29, 1.82) is 0 Å². The number of rotatable bonds is 5. The molecule has 10 rings (SSSR count). The lowest BCUT2D eigenvalue weighted by Crippen LogP contribution is -2.12. The van der Waals surface area contributed by atoms with Crippen LogP contribution in [0.5, 0.6) is 0 Å². The van der Waals surface area contributed by atoms with Gasteiger partial charge >= 0.3 is 0 Å². The number of thiophene rings is 1.